The van der Waals surface area contributed by atoms with Crippen molar-refractivity contribution in [2.45, 2.75) is 71.6 Å². The third-order valence-corrected chi connectivity index (χ3v) is 8.65. The Bertz CT molecular complexity index is 1120. The molecule has 8 heteroatoms. The van der Waals surface area contributed by atoms with Gasteiger partial charge in [0.05, 0.1) is 27.0 Å². The van der Waals surface area contributed by atoms with E-state index in [1.807, 2.05) is 12.1 Å². The van der Waals surface area contributed by atoms with Crippen molar-refractivity contribution >= 4 is 34.9 Å². The normalized spacial score (nSPS) is 14.8. The summed E-state index contributed by atoms with van der Waals surface area (Å²) in [6.07, 6.45) is 9.29. The Morgan fingerprint density at radius 1 is 1.11 bits per heavy atom. The van der Waals surface area contributed by atoms with Crippen molar-refractivity contribution in [2.24, 2.45) is 5.92 Å². The van der Waals surface area contributed by atoms with Crippen molar-refractivity contribution in [1.82, 2.24) is 15.0 Å². The molecule has 35 heavy (non-hydrogen) atoms. The number of halogens is 1. The monoisotopic (exact) mass is 513 g/mol. The van der Waals surface area contributed by atoms with E-state index in [1.54, 1.807) is 29.7 Å². The number of rotatable bonds is 9. The van der Waals surface area contributed by atoms with Crippen LogP contribution in [0.15, 0.2) is 30.5 Å². The first kappa shape index (κ1) is 25.9. The van der Waals surface area contributed by atoms with Crippen LogP contribution in [0.2, 0.25) is 0 Å². The van der Waals surface area contributed by atoms with Crippen LogP contribution in [0.5, 0.6) is 0 Å². The first-order valence-electron chi connectivity index (χ1n) is 12.6. The summed E-state index contributed by atoms with van der Waals surface area (Å²) in [4.78, 5) is 15.1. The highest BCUT2D eigenvalue weighted by Crippen LogP contribution is 2.42. The summed E-state index contributed by atoms with van der Waals surface area (Å²) in [5.74, 6) is 1.93. The topological polar surface area (TPSA) is 62.7 Å². The summed E-state index contributed by atoms with van der Waals surface area (Å²) < 4.78 is 18.8. The van der Waals surface area contributed by atoms with Crippen LogP contribution in [0, 0.1) is 11.7 Å². The number of aromatic nitrogens is 3. The highest BCUT2D eigenvalue weighted by atomic mass is 32.2. The fraction of sp³-hybridized carbons (Fsp3) is 0.519. The molecule has 1 fully saturated rings. The van der Waals surface area contributed by atoms with Crippen molar-refractivity contribution in [3.05, 3.63) is 41.3 Å². The van der Waals surface area contributed by atoms with Crippen LogP contribution in [-0.4, -0.2) is 27.2 Å². The minimum Gasteiger partial charge on any atom is -0.354 e. The molecule has 0 atom stereocenters. The van der Waals surface area contributed by atoms with Crippen molar-refractivity contribution in [1.29, 1.82) is 0 Å². The van der Waals surface area contributed by atoms with Crippen molar-refractivity contribution in [3.8, 4) is 21.8 Å². The van der Waals surface area contributed by atoms with Crippen LogP contribution in [0.4, 0.5) is 16.0 Å². The van der Waals surface area contributed by atoms with Gasteiger partial charge in [0.25, 0.3) is 0 Å². The zero-order valence-corrected chi connectivity index (χ0v) is 22.8. The first-order valence-corrected chi connectivity index (χ1v) is 14.4. The maximum absolute atomic E-state index is 15.6. The number of nitrogens with one attached hydrogen (secondary N) is 2. The van der Waals surface area contributed by atoms with Gasteiger partial charge in [0, 0.05) is 29.5 Å². The average molecular weight is 514 g/mol. The van der Waals surface area contributed by atoms with Crippen molar-refractivity contribution < 1.29 is 4.39 Å². The lowest BCUT2D eigenvalue weighted by atomic mass is 9.89. The SMILES string of the molecule is CCCSNc1cccc(-c2nc(C(C)(C)C)sc2-c2ccnc(NCC3CCCCC3)n2)c1F. The molecule has 2 N–H and O–H groups in total. The molecule has 1 saturated carbocycles. The van der Waals surface area contributed by atoms with Gasteiger partial charge in [0.2, 0.25) is 5.95 Å². The van der Waals surface area contributed by atoms with Crippen LogP contribution < -0.4 is 10.0 Å². The molecule has 1 aliphatic rings. The second-order valence-electron chi connectivity index (χ2n) is 10.2. The van der Waals surface area contributed by atoms with E-state index in [1.165, 1.54) is 44.1 Å². The summed E-state index contributed by atoms with van der Waals surface area (Å²) in [7, 11) is 0. The molecule has 0 aliphatic heterocycles. The van der Waals surface area contributed by atoms with E-state index in [2.05, 4.69) is 42.7 Å². The molecular weight excluding hydrogens is 477 g/mol. The third-order valence-electron chi connectivity index (χ3n) is 6.17. The van der Waals surface area contributed by atoms with Crippen LogP contribution in [0.3, 0.4) is 0 Å². The number of hydrogen-bond donors (Lipinski definition) is 2. The van der Waals surface area contributed by atoms with E-state index < -0.39 is 0 Å². The summed E-state index contributed by atoms with van der Waals surface area (Å²) >= 11 is 3.10. The number of thiazole rings is 1. The Labute approximate surface area is 216 Å². The molecule has 0 radical (unpaired) electrons. The summed E-state index contributed by atoms with van der Waals surface area (Å²) in [6.45, 7) is 9.39. The van der Waals surface area contributed by atoms with Gasteiger partial charge in [-0.3, -0.25) is 0 Å². The number of hydrogen-bond acceptors (Lipinski definition) is 7. The molecule has 3 aromatic rings. The van der Waals surface area contributed by atoms with E-state index in [4.69, 9.17) is 9.97 Å². The molecule has 0 bridgehead atoms. The van der Waals surface area contributed by atoms with Crippen molar-refractivity contribution in [3.63, 3.8) is 0 Å². The minimum atomic E-state index is -0.284. The molecule has 0 saturated heterocycles. The van der Waals surface area contributed by atoms with Crippen LogP contribution >= 0.6 is 23.3 Å². The highest BCUT2D eigenvalue weighted by Gasteiger charge is 2.26. The van der Waals surface area contributed by atoms with Gasteiger partial charge in [-0.15, -0.1) is 11.3 Å². The number of benzene rings is 1. The Morgan fingerprint density at radius 2 is 1.91 bits per heavy atom. The molecule has 2 aromatic heterocycles. The number of anilines is 2. The molecule has 4 rings (SSSR count). The summed E-state index contributed by atoms with van der Waals surface area (Å²) in [6, 6.07) is 7.35. The Balaban J connectivity index is 1.67. The Kier molecular flexibility index (Phi) is 8.65. The predicted molar refractivity (Wildman–Crippen MR) is 149 cm³/mol. The minimum absolute atomic E-state index is 0.157. The summed E-state index contributed by atoms with van der Waals surface area (Å²) in [5, 5.41) is 4.40. The molecule has 0 amide bonds. The molecule has 0 unspecified atom stereocenters. The van der Waals surface area contributed by atoms with Gasteiger partial charge in [0.1, 0.15) is 0 Å². The molecule has 1 aliphatic carbocycles. The van der Waals surface area contributed by atoms with E-state index in [9.17, 15) is 0 Å². The van der Waals surface area contributed by atoms with Gasteiger partial charge in [-0.25, -0.2) is 19.3 Å². The van der Waals surface area contributed by atoms with E-state index in [0.717, 1.165) is 34.3 Å². The van der Waals surface area contributed by atoms with Crippen LogP contribution in [0.1, 0.15) is 71.2 Å². The highest BCUT2D eigenvalue weighted by molar-refractivity contribution is 8.00. The maximum atomic E-state index is 15.6. The lowest BCUT2D eigenvalue weighted by molar-refractivity contribution is 0.373. The molecule has 1 aromatic carbocycles. The van der Waals surface area contributed by atoms with Gasteiger partial charge < -0.3 is 10.0 Å². The zero-order valence-electron chi connectivity index (χ0n) is 21.2. The Hall–Kier alpha value is -2.19. The van der Waals surface area contributed by atoms with E-state index in [-0.39, 0.29) is 11.2 Å². The standard InChI is InChI=1S/C27H36FN5S2/c1-5-16-34-33-20-13-9-12-19(22(20)28)23-24(35-25(32-23)27(2,3)4)21-14-15-29-26(31-21)30-17-18-10-7-6-8-11-18/h9,12-15,18,33H,5-8,10-11,16-17H2,1-4H3,(H,29,30,31). The van der Waals surface area contributed by atoms with Crippen molar-refractivity contribution in [2.75, 3.05) is 22.3 Å². The fourth-order valence-electron chi connectivity index (χ4n) is 4.22. The molecule has 188 valence electrons. The second kappa shape index (κ2) is 11.7. The largest absolute Gasteiger partial charge is 0.354 e. The molecular formula is C27H36FN5S2. The van der Waals surface area contributed by atoms with Gasteiger partial charge >= 0.3 is 0 Å². The average Bonchev–Trinajstić information content (AvgIpc) is 3.31. The number of nitrogens with zero attached hydrogens (tertiary/aromatic N) is 3. The summed E-state index contributed by atoms with van der Waals surface area (Å²) in [5.41, 5.74) is 2.22. The van der Waals surface area contributed by atoms with Gasteiger partial charge in [-0.2, -0.15) is 0 Å². The zero-order chi connectivity index (χ0) is 24.8. The molecule has 0 spiro atoms. The predicted octanol–water partition coefficient (Wildman–Crippen LogP) is 8.17. The third kappa shape index (κ3) is 6.53. The quantitative estimate of drug-likeness (QED) is 0.222. The second-order valence-corrected chi connectivity index (χ2v) is 12.1. The fourth-order valence-corrected chi connectivity index (χ4v) is 5.95. The van der Waals surface area contributed by atoms with Gasteiger partial charge in [-0.05, 0) is 43.4 Å². The smallest absolute Gasteiger partial charge is 0.223 e. The molecule has 5 nitrogen and oxygen atoms in total. The maximum Gasteiger partial charge on any atom is 0.223 e. The lowest BCUT2D eigenvalue weighted by Crippen LogP contribution is -2.18. The van der Waals surface area contributed by atoms with E-state index in [0.29, 0.717) is 28.8 Å². The van der Waals surface area contributed by atoms with Crippen LogP contribution in [-0.2, 0) is 5.41 Å². The van der Waals surface area contributed by atoms with Crippen LogP contribution in [0.25, 0.3) is 21.8 Å². The lowest BCUT2D eigenvalue weighted by Gasteiger charge is -2.21. The first-order chi connectivity index (χ1) is 16.9. The van der Waals surface area contributed by atoms with E-state index >= 15 is 4.39 Å². The Morgan fingerprint density at radius 3 is 2.66 bits per heavy atom. The van der Waals surface area contributed by atoms with Gasteiger partial charge in [0.15, 0.2) is 5.82 Å². The van der Waals surface area contributed by atoms with Gasteiger partial charge in [-0.1, -0.05) is 65.0 Å². The molecule has 2 heterocycles.